The number of nitrogens with zero attached hydrogens (tertiary/aromatic N) is 1. The molecule has 5 nitrogen and oxygen atoms in total. The summed E-state index contributed by atoms with van der Waals surface area (Å²) in [4.78, 5) is 24.4. The first-order valence-electron chi connectivity index (χ1n) is 6.50. The van der Waals surface area contributed by atoms with Gasteiger partial charge in [-0.25, -0.2) is 8.78 Å². The van der Waals surface area contributed by atoms with Crippen molar-refractivity contribution in [3.63, 3.8) is 0 Å². The zero-order valence-corrected chi connectivity index (χ0v) is 11.4. The van der Waals surface area contributed by atoms with Gasteiger partial charge in [0.1, 0.15) is 5.82 Å². The second-order valence-electron chi connectivity index (χ2n) is 4.92. The van der Waals surface area contributed by atoms with Gasteiger partial charge in [-0.05, 0) is 25.5 Å². The molecular formula is C14H15F2NO4. The molecule has 0 aliphatic carbocycles. The maximum atomic E-state index is 13.4. The second kappa shape index (κ2) is 6.07. The summed E-state index contributed by atoms with van der Waals surface area (Å²) >= 11 is 0. The molecule has 114 valence electrons. The summed E-state index contributed by atoms with van der Waals surface area (Å²) in [5, 5.41) is 9.00. The standard InChI is InChI=1S/C14H15F2NO4/c1-8-10(14(19)20)4-5-17(8)13(18)7-21-12-3-2-9(15)6-11(12)16/h2-3,6,8,10H,4-5,7H2,1H3,(H,19,20). The number of carbonyl (C=O) groups excluding carboxylic acids is 1. The SMILES string of the molecule is CC1C(C(=O)O)CCN1C(=O)COc1ccc(F)cc1F. The monoisotopic (exact) mass is 299 g/mol. The Morgan fingerprint density at radius 1 is 1.43 bits per heavy atom. The van der Waals surface area contributed by atoms with Crippen LogP contribution in [0.5, 0.6) is 5.75 Å². The third-order valence-corrected chi connectivity index (χ3v) is 3.64. The van der Waals surface area contributed by atoms with Gasteiger partial charge in [0.25, 0.3) is 5.91 Å². The van der Waals surface area contributed by atoms with Crippen LogP contribution in [0.3, 0.4) is 0 Å². The van der Waals surface area contributed by atoms with Crippen LogP contribution in [-0.2, 0) is 9.59 Å². The number of benzene rings is 1. The summed E-state index contributed by atoms with van der Waals surface area (Å²) in [6, 6.07) is 2.36. The van der Waals surface area contributed by atoms with E-state index >= 15 is 0 Å². The normalized spacial score (nSPS) is 21.4. The molecule has 1 heterocycles. The quantitative estimate of drug-likeness (QED) is 0.918. The number of aliphatic carboxylic acids is 1. The fourth-order valence-corrected chi connectivity index (χ4v) is 2.44. The van der Waals surface area contributed by atoms with E-state index in [1.165, 1.54) is 4.90 Å². The van der Waals surface area contributed by atoms with E-state index in [0.29, 0.717) is 19.0 Å². The van der Waals surface area contributed by atoms with Gasteiger partial charge in [0.05, 0.1) is 5.92 Å². The van der Waals surface area contributed by atoms with Crippen LogP contribution in [0.15, 0.2) is 18.2 Å². The van der Waals surface area contributed by atoms with Crippen LogP contribution in [0.1, 0.15) is 13.3 Å². The molecule has 1 aliphatic rings. The van der Waals surface area contributed by atoms with Gasteiger partial charge in [-0.2, -0.15) is 0 Å². The zero-order valence-electron chi connectivity index (χ0n) is 11.4. The molecule has 2 rings (SSSR count). The van der Waals surface area contributed by atoms with Crippen molar-refractivity contribution < 1.29 is 28.2 Å². The molecular weight excluding hydrogens is 284 g/mol. The summed E-state index contributed by atoms with van der Waals surface area (Å²) in [5.74, 6) is -3.80. The highest BCUT2D eigenvalue weighted by Gasteiger charge is 2.38. The first-order chi connectivity index (χ1) is 9.90. The number of likely N-dealkylation sites (tertiary alicyclic amines) is 1. The highest BCUT2D eigenvalue weighted by atomic mass is 19.1. The third-order valence-electron chi connectivity index (χ3n) is 3.64. The molecule has 2 atom stereocenters. The average Bonchev–Trinajstić information content (AvgIpc) is 2.79. The number of carboxylic acid groups (broad SMARTS) is 1. The van der Waals surface area contributed by atoms with Crippen molar-refractivity contribution in [2.45, 2.75) is 19.4 Å². The summed E-state index contributed by atoms with van der Waals surface area (Å²) in [6.07, 6.45) is 0.382. The van der Waals surface area contributed by atoms with Crippen molar-refractivity contribution >= 4 is 11.9 Å². The van der Waals surface area contributed by atoms with E-state index in [0.717, 1.165) is 12.1 Å². The van der Waals surface area contributed by atoms with E-state index in [9.17, 15) is 18.4 Å². The Balaban J connectivity index is 1.95. The predicted molar refractivity (Wildman–Crippen MR) is 68.8 cm³/mol. The van der Waals surface area contributed by atoms with E-state index in [-0.39, 0.29) is 5.75 Å². The van der Waals surface area contributed by atoms with Crippen LogP contribution in [0.25, 0.3) is 0 Å². The van der Waals surface area contributed by atoms with Gasteiger partial charge in [0, 0.05) is 18.7 Å². The molecule has 1 N–H and O–H groups in total. The van der Waals surface area contributed by atoms with Crippen molar-refractivity contribution in [1.29, 1.82) is 0 Å². The minimum absolute atomic E-state index is 0.216. The Bertz CT molecular complexity index is 564. The van der Waals surface area contributed by atoms with Crippen LogP contribution in [0, 0.1) is 17.6 Å². The molecule has 1 fully saturated rings. The topological polar surface area (TPSA) is 66.8 Å². The number of hydrogen-bond donors (Lipinski definition) is 1. The second-order valence-corrected chi connectivity index (χ2v) is 4.92. The number of carboxylic acids is 1. The summed E-state index contributed by atoms with van der Waals surface area (Å²) < 4.78 is 31.1. The van der Waals surface area contributed by atoms with Crippen molar-refractivity contribution in [1.82, 2.24) is 4.90 Å². The average molecular weight is 299 g/mol. The molecule has 7 heteroatoms. The van der Waals surface area contributed by atoms with Gasteiger partial charge in [-0.15, -0.1) is 0 Å². The minimum atomic E-state index is -0.941. The first kappa shape index (κ1) is 15.2. The Morgan fingerprint density at radius 3 is 2.71 bits per heavy atom. The van der Waals surface area contributed by atoms with Crippen LogP contribution >= 0.6 is 0 Å². The lowest BCUT2D eigenvalue weighted by Crippen LogP contribution is -2.40. The fraction of sp³-hybridized carbons (Fsp3) is 0.429. The molecule has 1 amide bonds. The van der Waals surface area contributed by atoms with E-state index in [1.54, 1.807) is 6.92 Å². The molecule has 21 heavy (non-hydrogen) atoms. The number of amides is 1. The highest BCUT2D eigenvalue weighted by molar-refractivity contribution is 5.80. The number of carbonyl (C=O) groups is 2. The summed E-state index contributed by atoms with van der Waals surface area (Å²) in [7, 11) is 0. The molecule has 1 aromatic carbocycles. The van der Waals surface area contributed by atoms with E-state index in [2.05, 4.69) is 0 Å². The molecule has 0 bridgehead atoms. The zero-order chi connectivity index (χ0) is 15.6. The molecule has 1 saturated heterocycles. The largest absolute Gasteiger partial charge is 0.481 e. The van der Waals surface area contributed by atoms with Crippen molar-refractivity contribution in [3.8, 4) is 5.75 Å². The highest BCUT2D eigenvalue weighted by Crippen LogP contribution is 2.25. The Hall–Kier alpha value is -2.18. The lowest BCUT2D eigenvalue weighted by atomic mass is 10.0. The van der Waals surface area contributed by atoms with Crippen LogP contribution in [-0.4, -0.2) is 41.1 Å². The summed E-state index contributed by atoms with van der Waals surface area (Å²) in [5.41, 5.74) is 0. The van der Waals surface area contributed by atoms with Crippen molar-refractivity contribution in [3.05, 3.63) is 29.8 Å². The molecule has 0 spiro atoms. The van der Waals surface area contributed by atoms with Gasteiger partial charge < -0.3 is 14.7 Å². The van der Waals surface area contributed by atoms with Crippen LogP contribution < -0.4 is 4.74 Å². The molecule has 0 radical (unpaired) electrons. The van der Waals surface area contributed by atoms with Crippen LogP contribution in [0.4, 0.5) is 8.78 Å². The lowest BCUT2D eigenvalue weighted by Gasteiger charge is -2.23. The van der Waals surface area contributed by atoms with Crippen molar-refractivity contribution in [2.24, 2.45) is 5.92 Å². The lowest BCUT2D eigenvalue weighted by molar-refractivity contribution is -0.143. The fourth-order valence-electron chi connectivity index (χ4n) is 2.44. The predicted octanol–water partition coefficient (Wildman–Crippen LogP) is 1.67. The molecule has 0 saturated carbocycles. The van der Waals surface area contributed by atoms with Crippen LogP contribution in [0.2, 0.25) is 0 Å². The van der Waals surface area contributed by atoms with Gasteiger partial charge in [-0.3, -0.25) is 9.59 Å². The number of hydrogen-bond acceptors (Lipinski definition) is 3. The summed E-state index contributed by atoms with van der Waals surface area (Å²) in [6.45, 7) is 1.56. The molecule has 0 aromatic heterocycles. The Labute approximate surface area is 120 Å². The number of ether oxygens (including phenoxy) is 1. The van der Waals surface area contributed by atoms with Gasteiger partial charge in [0.15, 0.2) is 18.2 Å². The van der Waals surface area contributed by atoms with Crippen molar-refractivity contribution in [2.75, 3.05) is 13.2 Å². The molecule has 2 unspecified atom stereocenters. The maximum Gasteiger partial charge on any atom is 0.308 e. The molecule has 1 aromatic rings. The number of rotatable bonds is 4. The Morgan fingerprint density at radius 2 is 2.14 bits per heavy atom. The van der Waals surface area contributed by atoms with Gasteiger partial charge in [-0.1, -0.05) is 0 Å². The van der Waals surface area contributed by atoms with E-state index in [4.69, 9.17) is 9.84 Å². The number of halogens is 2. The van der Waals surface area contributed by atoms with Gasteiger partial charge in [0.2, 0.25) is 0 Å². The molecule has 1 aliphatic heterocycles. The van der Waals surface area contributed by atoms with E-state index in [1.807, 2.05) is 0 Å². The van der Waals surface area contributed by atoms with E-state index < -0.39 is 42.1 Å². The Kier molecular flexibility index (Phi) is 4.40. The minimum Gasteiger partial charge on any atom is -0.481 e. The smallest absolute Gasteiger partial charge is 0.308 e. The maximum absolute atomic E-state index is 13.4. The third kappa shape index (κ3) is 3.29. The van der Waals surface area contributed by atoms with Gasteiger partial charge >= 0.3 is 5.97 Å². The first-order valence-corrected chi connectivity index (χ1v) is 6.50.